The summed E-state index contributed by atoms with van der Waals surface area (Å²) < 4.78 is 7.62. The first-order valence-electron chi connectivity index (χ1n) is 15.1. The lowest BCUT2D eigenvalue weighted by Gasteiger charge is -2.40. The number of rotatable bonds is 11. The molecule has 1 aromatic heterocycles. The predicted molar refractivity (Wildman–Crippen MR) is 179 cm³/mol. The number of likely N-dealkylation sites (tertiary alicyclic amines) is 1. The van der Waals surface area contributed by atoms with Gasteiger partial charge in [0.05, 0.1) is 51.9 Å². The Morgan fingerprint density at radius 1 is 1.18 bits per heavy atom. The van der Waals surface area contributed by atoms with Gasteiger partial charge in [0.25, 0.3) is 0 Å². The number of allylic oxidation sites excluding steroid dienone is 1. The Balaban J connectivity index is 1.69. The first kappa shape index (κ1) is 33.2. The lowest BCUT2D eigenvalue weighted by atomic mass is 9.98. The monoisotopic (exact) mass is 616 g/mol. The summed E-state index contributed by atoms with van der Waals surface area (Å²) in [6, 6.07) is 16.2. The number of aromatic nitrogens is 3. The van der Waals surface area contributed by atoms with Crippen molar-refractivity contribution < 1.29 is 4.74 Å². The summed E-state index contributed by atoms with van der Waals surface area (Å²) in [4.78, 5) is 6.76. The van der Waals surface area contributed by atoms with Gasteiger partial charge < -0.3 is 15.4 Å². The third-order valence-corrected chi connectivity index (χ3v) is 8.62. The van der Waals surface area contributed by atoms with E-state index in [-0.39, 0.29) is 11.6 Å². The van der Waals surface area contributed by atoms with E-state index in [2.05, 4.69) is 82.7 Å². The number of aliphatic imine (C=N–C) groups is 1. The summed E-state index contributed by atoms with van der Waals surface area (Å²) >= 11 is 6.80. The fraction of sp³-hybridized carbons (Fsp3) is 0.471. The van der Waals surface area contributed by atoms with Crippen LogP contribution in [0.2, 0.25) is 5.02 Å². The van der Waals surface area contributed by atoms with E-state index in [4.69, 9.17) is 16.3 Å². The predicted octanol–water partition coefficient (Wildman–Crippen LogP) is 7.17. The van der Waals surface area contributed by atoms with Gasteiger partial charge in [-0.15, -0.1) is 5.10 Å². The molecule has 1 fully saturated rings. The molecule has 2 N–H and O–H groups in total. The number of ether oxygens (including phenoxy) is 1. The molecule has 3 aromatic rings. The molecule has 0 amide bonds. The molecule has 0 bridgehead atoms. The molecule has 1 saturated heterocycles. The molecular formula is C34H45ClN8O. The van der Waals surface area contributed by atoms with Crippen molar-refractivity contribution in [2.24, 2.45) is 4.99 Å². The Morgan fingerprint density at radius 3 is 2.45 bits per heavy atom. The van der Waals surface area contributed by atoms with E-state index in [1.165, 1.54) is 0 Å². The van der Waals surface area contributed by atoms with Gasteiger partial charge in [0.15, 0.2) is 0 Å². The minimum atomic E-state index is -0.462. The van der Waals surface area contributed by atoms with E-state index in [1.54, 1.807) is 14.0 Å². The number of anilines is 1. The first-order chi connectivity index (χ1) is 20.9. The number of nitrogens with one attached hydrogen (secondary N) is 2. The van der Waals surface area contributed by atoms with E-state index >= 15 is 0 Å². The Labute approximate surface area is 267 Å². The van der Waals surface area contributed by atoms with Crippen molar-refractivity contribution in [1.29, 1.82) is 5.26 Å². The number of methoxy groups -OCH3 is 1. The van der Waals surface area contributed by atoms with Crippen molar-refractivity contribution in [3.8, 4) is 6.07 Å². The molecule has 0 unspecified atom stereocenters. The Bertz CT molecular complexity index is 1510. The second-order valence-electron chi connectivity index (χ2n) is 12.9. The van der Waals surface area contributed by atoms with Crippen LogP contribution >= 0.6 is 11.6 Å². The third kappa shape index (κ3) is 7.86. The van der Waals surface area contributed by atoms with Crippen LogP contribution in [-0.4, -0.2) is 64.5 Å². The van der Waals surface area contributed by atoms with Gasteiger partial charge in [-0.2, -0.15) is 5.26 Å². The van der Waals surface area contributed by atoms with Gasteiger partial charge in [0, 0.05) is 43.5 Å². The lowest BCUT2D eigenvalue weighted by molar-refractivity contribution is 0.0265. The highest BCUT2D eigenvalue weighted by Crippen LogP contribution is 2.39. The van der Waals surface area contributed by atoms with Crippen LogP contribution in [0, 0.1) is 11.3 Å². The number of halogens is 1. The molecule has 4 rings (SSSR count). The first-order valence-corrected chi connectivity index (χ1v) is 15.4. The van der Waals surface area contributed by atoms with E-state index in [0.717, 1.165) is 42.9 Å². The number of hydrogen-bond acceptors (Lipinski definition) is 8. The average molecular weight is 617 g/mol. The maximum atomic E-state index is 9.87. The van der Waals surface area contributed by atoms with Gasteiger partial charge in [0.1, 0.15) is 5.69 Å². The highest BCUT2D eigenvalue weighted by Gasteiger charge is 2.29. The van der Waals surface area contributed by atoms with Crippen molar-refractivity contribution in [2.45, 2.75) is 77.6 Å². The van der Waals surface area contributed by atoms with E-state index in [1.807, 2.05) is 48.9 Å². The molecule has 1 aliphatic rings. The Morgan fingerprint density at radius 2 is 1.86 bits per heavy atom. The van der Waals surface area contributed by atoms with Crippen LogP contribution in [0.15, 0.2) is 59.2 Å². The fourth-order valence-electron chi connectivity index (χ4n) is 5.44. The molecule has 10 heteroatoms. The standard InChI is InChI=1S/C34H45ClN8O/c1-23(20-36)30(38-22-34(5,6)44-8)27-18-25(19-28(35)32(27)37-7)39-31(24-12-10-9-11-13-24)29-21-43(41-40-29)26-14-16-42(17-15-26)33(2,3)4/h9-13,18-19,21,26,31,38-39H,7,14-17,22H2,1-6,8H3/b30-23-/t31-/m0/s1. The molecule has 0 saturated carbocycles. The molecule has 1 aliphatic heterocycles. The van der Waals surface area contributed by atoms with Gasteiger partial charge >= 0.3 is 0 Å². The normalized spacial score (nSPS) is 16.2. The summed E-state index contributed by atoms with van der Waals surface area (Å²) in [6.45, 7) is 18.8. The third-order valence-electron chi connectivity index (χ3n) is 8.33. The average Bonchev–Trinajstić information content (AvgIpc) is 3.50. The van der Waals surface area contributed by atoms with Crippen LogP contribution in [0.3, 0.4) is 0 Å². The van der Waals surface area contributed by atoms with Crippen molar-refractivity contribution >= 4 is 35.4 Å². The van der Waals surface area contributed by atoms with Gasteiger partial charge in [-0.05, 0) is 78.8 Å². The molecule has 2 aromatic carbocycles. The SMILES string of the molecule is C=Nc1c(Cl)cc(N[C@@H](c2ccccc2)c2cn(C3CCN(C(C)(C)C)CC3)nn2)cc1/C(NCC(C)(C)OC)=C(\C)C#N. The summed E-state index contributed by atoms with van der Waals surface area (Å²) in [5.41, 5.74) is 4.57. The number of nitrogens with zero attached hydrogens (tertiary/aromatic N) is 6. The zero-order valence-corrected chi connectivity index (χ0v) is 27.7. The summed E-state index contributed by atoms with van der Waals surface area (Å²) in [7, 11) is 1.66. The maximum absolute atomic E-state index is 9.87. The molecule has 44 heavy (non-hydrogen) atoms. The maximum Gasteiger partial charge on any atom is 0.109 e. The van der Waals surface area contributed by atoms with Crippen LogP contribution < -0.4 is 10.6 Å². The van der Waals surface area contributed by atoms with Crippen LogP contribution in [-0.2, 0) is 4.74 Å². The van der Waals surface area contributed by atoms with Crippen molar-refractivity contribution in [2.75, 3.05) is 32.1 Å². The Hall–Kier alpha value is -3.71. The topological polar surface area (TPSA) is 103 Å². The quantitative estimate of drug-likeness (QED) is 0.174. The Kier molecular flexibility index (Phi) is 10.5. The molecule has 9 nitrogen and oxygen atoms in total. The smallest absolute Gasteiger partial charge is 0.109 e. The van der Waals surface area contributed by atoms with Crippen molar-refractivity contribution in [3.63, 3.8) is 0 Å². The molecule has 2 heterocycles. The molecule has 1 atom stereocenters. The van der Waals surface area contributed by atoms with Crippen LogP contribution in [0.4, 0.5) is 11.4 Å². The van der Waals surface area contributed by atoms with Crippen molar-refractivity contribution in [1.82, 2.24) is 25.2 Å². The second-order valence-corrected chi connectivity index (χ2v) is 13.3. The van der Waals surface area contributed by atoms with E-state index in [0.29, 0.717) is 40.1 Å². The zero-order chi connectivity index (χ0) is 32.1. The molecule has 0 spiro atoms. The van der Waals surface area contributed by atoms with Crippen LogP contribution in [0.5, 0.6) is 0 Å². The van der Waals surface area contributed by atoms with Crippen LogP contribution in [0.25, 0.3) is 5.70 Å². The van der Waals surface area contributed by atoms with Crippen molar-refractivity contribution in [3.05, 3.63) is 76.1 Å². The number of piperidine rings is 1. The van der Waals surface area contributed by atoms with Gasteiger partial charge in [0.2, 0.25) is 0 Å². The second kappa shape index (κ2) is 13.9. The zero-order valence-electron chi connectivity index (χ0n) is 27.0. The fourth-order valence-corrected chi connectivity index (χ4v) is 5.71. The summed E-state index contributed by atoms with van der Waals surface area (Å²) in [5.74, 6) is 0. The number of nitriles is 1. The minimum Gasteiger partial charge on any atom is -0.381 e. The van der Waals surface area contributed by atoms with Gasteiger partial charge in [-0.3, -0.25) is 9.89 Å². The van der Waals surface area contributed by atoms with E-state index in [9.17, 15) is 5.26 Å². The molecule has 234 valence electrons. The van der Waals surface area contributed by atoms with E-state index < -0.39 is 5.60 Å². The summed E-state index contributed by atoms with van der Waals surface area (Å²) in [6.07, 6.45) is 4.11. The highest BCUT2D eigenvalue weighted by molar-refractivity contribution is 6.33. The van der Waals surface area contributed by atoms with Crippen LogP contribution in [0.1, 0.15) is 83.3 Å². The number of hydrogen-bond donors (Lipinski definition) is 2. The summed E-state index contributed by atoms with van der Waals surface area (Å²) in [5, 5.41) is 26.6. The molecule has 0 aliphatic carbocycles. The minimum absolute atomic E-state index is 0.161. The molecule has 0 radical (unpaired) electrons. The number of benzene rings is 2. The van der Waals surface area contributed by atoms with Gasteiger partial charge in [-0.1, -0.05) is 47.1 Å². The lowest BCUT2D eigenvalue weighted by Crippen LogP contribution is -2.46. The molecular weight excluding hydrogens is 572 g/mol. The largest absolute Gasteiger partial charge is 0.381 e. The highest BCUT2D eigenvalue weighted by atomic mass is 35.5. The van der Waals surface area contributed by atoms with Gasteiger partial charge in [-0.25, -0.2) is 4.68 Å².